The van der Waals surface area contributed by atoms with Crippen LogP contribution in [0.1, 0.15) is 29.8 Å². The smallest absolute Gasteiger partial charge is 0.341 e. The molecule has 2 amide bonds. The van der Waals surface area contributed by atoms with E-state index in [1.807, 2.05) is 18.2 Å². The van der Waals surface area contributed by atoms with Gasteiger partial charge in [-0.25, -0.2) is 14.4 Å². The van der Waals surface area contributed by atoms with Crippen molar-refractivity contribution in [2.24, 2.45) is 0 Å². The van der Waals surface area contributed by atoms with Crippen LogP contribution >= 0.6 is 11.6 Å². The van der Waals surface area contributed by atoms with Gasteiger partial charge in [-0.1, -0.05) is 29.8 Å². The third-order valence-corrected chi connectivity index (χ3v) is 4.74. The second-order valence-electron chi connectivity index (χ2n) is 6.53. The molecule has 2 N–H and O–H groups in total. The number of aromatic nitrogens is 2. The predicted octanol–water partition coefficient (Wildman–Crippen LogP) is 2.26. The largest absolute Gasteiger partial charge is 0.463 e. The molecule has 1 aromatic heterocycles. The summed E-state index contributed by atoms with van der Waals surface area (Å²) in [4.78, 5) is 36.4. The molecule has 1 aromatic carbocycles. The van der Waals surface area contributed by atoms with Crippen LogP contribution in [0.5, 0.6) is 0 Å². The maximum absolute atomic E-state index is 12.4. The van der Waals surface area contributed by atoms with Crippen molar-refractivity contribution in [3.05, 3.63) is 64.1 Å². The Morgan fingerprint density at radius 2 is 2.00 bits per heavy atom. The zero-order valence-electron chi connectivity index (χ0n) is 16.5. The van der Waals surface area contributed by atoms with Crippen molar-refractivity contribution in [3.63, 3.8) is 0 Å². The summed E-state index contributed by atoms with van der Waals surface area (Å²) in [5.74, 6) is -1.23. The first kappa shape index (κ1) is 21.4. The molecule has 9 nitrogen and oxygen atoms in total. The van der Waals surface area contributed by atoms with Crippen molar-refractivity contribution in [1.29, 1.82) is 0 Å². The van der Waals surface area contributed by atoms with Crippen molar-refractivity contribution in [3.8, 4) is 0 Å². The Hall–Kier alpha value is -3.33. The van der Waals surface area contributed by atoms with Gasteiger partial charge in [0, 0.05) is 11.2 Å². The number of halogens is 1. The van der Waals surface area contributed by atoms with Gasteiger partial charge in [0.15, 0.2) is 0 Å². The number of hydrogen-bond donors (Lipinski definition) is 2. The highest BCUT2D eigenvalue weighted by Gasteiger charge is 2.30. The lowest BCUT2D eigenvalue weighted by Crippen LogP contribution is -2.50. The lowest BCUT2D eigenvalue weighted by Gasteiger charge is -2.26. The number of urea groups is 1. The molecule has 2 heterocycles. The van der Waals surface area contributed by atoms with E-state index >= 15 is 0 Å². The molecule has 1 atom stereocenters. The number of benzene rings is 1. The second kappa shape index (κ2) is 9.45. The minimum Gasteiger partial charge on any atom is -0.463 e. The van der Waals surface area contributed by atoms with E-state index in [9.17, 15) is 14.4 Å². The molecule has 158 valence electrons. The Morgan fingerprint density at radius 1 is 1.23 bits per heavy atom. The first-order chi connectivity index (χ1) is 14.4. The molecule has 1 aliphatic heterocycles. The first-order valence-electron chi connectivity index (χ1n) is 9.29. The van der Waals surface area contributed by atoms with E-state index < -0.39 is 24.0 Å². The summed E-state index contributed by atoms with van der Waals surface area (Å²) in [6.07, 6.45) is 2.92. The molecule has 0 fully saturated rings. The molecule has 0 saturated carbocycles. The lowest BCUT2D eigenvalue weighted by atomic mass is 10.0. The van der Waals surface area contributed by atoms with Gasteiger partial charge in [-0.3, -0.25) is 4.68 Å². The van der Waals surface area contributed by atoms with Crippen molar-refractivity contribution in [2.75, 3.05) is 13.2 Å². The number of amides is 2. The normalized spacial score (nSPS) is 16.0. The van der Waals surface area contributed by atoms with E-state index in [1.165, 1.54) is 12.4 Å². The zero-order valence-corrected chi connectivity index (χ0v) is 17.2. The molecule has 3 rings (SSSR count). The molecule has 1 aliphatic rings. The molecule has 30 heavy (non-hydrogen) atoms. The zero-order chi connectivity index (χ0) is 21.7. The predicted molar refractivity (Wildman–Crippen MR) is 108 cm³/mol. The topological polar surface area (TPSA) is 112 Å². The highest BCUT2D eigenvalue weighted by Crippen LogP contribution is 2.17. The summed E-state index contributed by atoms with van der Waals surface area (Å²) in [5.41, 5.74) is 1.48. The maximum Gasteiger partial charge on any atom is 0.341 e. The fourth-order valence-corrected chi connectivity index (χ4v) is 3.17. The summed E-state index contributed by atoms with van der Waals surface area (Å²) in [5, 5.41) is 9.83. The minimum atomic E-state index is -0.642. The molecule has 0 saturated heterocycles. The average molecular weight is 433 g/mol. The fraction of sp³-hybridized carbons (Fsp3) is 0.300. The first-order valence-corrected chi connectivity index (χ1v) is 9.67. The van der Waals surface area contributed by atoms with Crippen LogP contribution in [0.15, 0.2) is 47.9 Å². The molecule has 1 unspecified atom stereocenters. The van der Waals surface area contributed by atoms with Gasteiger partial charge in [-0.05, 0) is 25.5 Å². The Kier molecular flexibility index (Phi) is 6.73. The quantitative estimate of drug-likeness (QED) is 0.649. The fourth-order valence-electron chi connectivity index (χ4n) is 2.97. The van der Waals surface area contributed by atoms with Crippen LogP contribution in [0.4, 0.5) is 4.79 Å². The molecular formula is C20H21ClN4O5. The van der Waals surface area contributed by atoms with Gasteiger partial charge in [0.25, 0.3) is 0 Å². The van der Waals surface area contributed by atoms with E-state index in [0.717, 1.165) is 5.56 Å². The highest BCUT2D eigenvalue weighted by atomic mass is 35.5. The van der Waals surface area contributed by atoms with Crippen molar-refractivity contribution in [2.45, 2.75) is 26.4 Å². The summed E-state index contributed by atoms with van der Waals surface area (Å²) in [6.45, 7) is 3.61. The minimum absolute atomic E-state index is 0.181. The van der Waals surface area contributed by atoms with Crippen molar-refractivity contribution >= 4 is 29.6 Å². The van der Waals surface area contributed by atoms with Crippen LogP contribution in [0.25, 0.3) is 0 Å². The van der Waals surface area contributed by atoms with Crippen LogP contribution in [-0.4, -0.2) is 47.0 Å². The van der Waals surface area contributed by atoms with E-state index in [0.29, 0.717) is 11.6 Å². The molecular weight excluding hydrogens is 412 g/mol. The lowest BCUT2D eigenvalue weighted by molar-refractivity contribution is -0.139. The van der Waals surface area contributed by atoms with E-state index in [4.69, 9.17) is 21.1 Å². The van der Waals surface area contributed by atoms with Gasteiger partial charge in [0.2, 0.25) is 0 Å². The Morgan fingerprint density at radius 3 is 2.73 bits per heavy atom. The number of carbonyl (C=O) groups is 3. The van der Waals surface area contributed by atoms with Crippen molar-refractivity contribution < 1.29 is 23.9 Å². The van der Waals surface area contributed by atoms with Crippen LogP contribution in [-0.2, 0) is 20.8 Å². The number of rotatable bonds is 7. The number of carbonyl (C=O) groups excluding carboxylic acids is 3. The van der Waals surface area contributed by atoms with Crippen LogP contribution < -0.4 is 10.6 Å². The summed E-state index contributed by atoms with van der Waals surface area (Å²) in [7, 11) is 0. The summed E-state index contributed by atoms with van der Waals surface area (Å²) in [6, 6.07) is 6.27. The summed E-state index contributed by atoms with van der Waals surface area (Å²) < 4.78 is 11.9. The monoisotopic (exact) mass is 432 g/mol. The number of esters is 2. The molecule has 10 heteroatoms. The Balaban J connectivity index is 1.69. The van der Waals surface area contributed by atoms with E-state index in [1.54, 1.807) is 24.6 Å². The highest BCUT2D eigenvalue weighted by molar-refractivity contribution is 6.31. The average Bonchev–Trinajstić information content (AvgIpc) is 3.16. The number of ether oxygens (including phenoxy) is 2. The van der Waals surface area contributed by atoms with Gasteiger partial charge in [-0.2, -0.15) is 5.10 Å². The maximum atomic E-state index is 12.4. The summed E-state index contributed by atoms with van der Waals surface area (Å²) >= 11 is 6.15. The molecule has 0 bridgehead atoms. The SMILES string of the molecule is CCOC(=O)C1=C(COC(=O)c2cnn(Cc3ccccc3Cl)c2)NC(=O)NC1C. The second-order valence-corrected chi connectivity index (χ2v) is 6.93. The third kappa shape index (κ3) is 4.98. The third-order valence-electron chi connectivity index (χ3n) is 4.37. The van der Waals surface area contributed by atoms with Gasteiger partial charge in [-0.15, -0.1) is 0 Å². The van der Waals surface area contributed by atoms with Crippen LogP contribution in [0, 0.1) is 0 Å². The van der Waals surface area contributed by atoms with Crippen molar-refractivity contribution in [1.82, 2.24) is 20.4 Å². The van der Waals surface area contributed by atoms with Crippen LogP contribution in [0.3, 0.4) is 0 Å². The van der Waals surface area contributed by atoms with Gasteiger partial charge >= 0.3 is 18.0 Å². The van der Waals surface area contributed by atoms with Gasteiger partial charge in [0.05, 0.1) is 42.2 Å². The molecule has 0 aliphatic carbocycles. The van der Waals surface area contributed by atoms with Crippen LogP contribution in [0.2, 0.25) is 5.02 Å². The standard InChI is InChI=1S/C20H21ClN4O5/c1-3-29-19(27)17-12(2)23-20(28)24-16(17)11-30-18(26)14-8-22-25(10-14)9-13-6-4-5-7-15(13)21/h4-8,10,12H,3,9,11H2,1-2H3,(H2,23,24,28). The molecule has 0 radical (unpaired) electrons. The Labute approximate surface area is 178 Å². The van der Waals surface area contributed by atoms with Gasteiger partial charge in [0.1, 0.15) is 6.61 Å². The van der Waals surface area contributed by atoms with E-state index in [-0.39, 0.29) is 30.0 Å². The molecule has 2 aromatic rings. The number of hydrogen-bond acceptors (Lipinski definition) is 6. The van der Waals surface area contributed by atoms with E-state index in [2.05, 4.69) is 15.7 Å². The molecule has 0 spiro atoms. The number of nitrogens with zero attached hydrogens (tertiary/aromatic N) is 2. The van der Waals surface area contributed by atoms with Gasteiger partial charge < -0.3 is 20.1 Å². The number of nitrogens with one attached hydrogen (secondary N) is 2. The Bertz CT molecular complexity index is 1000.